The maximum absolute atomic E-state index is 11.9. The number of carbonyl (C=O) groups excluding carboxylic acids is 1. The van der Waals surface area contributed by atoms with E-state index in [1.807, 2.05) is 44.2 Å². The van der Waals surface area contributed by atoms with Gasteiger partial charge in [0.1, 0.15) is 6.61 Å². The molecule has 2 rings (SSSR count). The van der Waals surface area contributed by atoms with Crippen molar-refractivity contribution < 1.29 is 14.6 Å². The average Bonchev–Trinajstić information content (AvgIpc) is 2.43. The standard InChI is InChI=1S/C16H23NO3/c1-3-16(19)11-17(12-16)9-13(2)15(18)20-10-14-7-5-4-6-8-14/h4-8,13,19H,3,9-12H2,1-2H3. The van der Waals surface area contributed by atoms with Gasteiger partial charge in [-0.05, 0) is 12.0 Å². The number of aliphatic hydroxyl groups is 1. The Balaban J connectivity index is 1.71. The van der Waals surface area contributed by atoms with Crippen LogP contribution in [0, 0.1) is 5.92 Å². The number of hydrogen-bond donors (Lipinski definition) is 1. The van der Waals surface area contributed by atoms with Crippen LogP contribution in [0.2, 0.25) is 0 Å². The van der Waals surface area contributed by atoms with Gasteiger partial charge in [0.25, 0.3) is 0 Å². The maximum atomic E-state index is 11.9. The van der Waals surface area contributed by atoms with Crippen molar-refractivity contribution >= 4 is 5.97 Å². The highest BCUT2D eigenvalue weighted by molar-refractivity contribution is 5.72. The highest BCUT2D eigenvalue weighted by Gasteiger charge is 2.40. The highest BCUT2D eigenvalue weighted by atomic mass is 16.5. The molecule has 1 aromatic carbocycles. The average molecular weight is 277 g/mol. The Bertz CT molecular complexity index is 440. The molecule has 4 heteroatoms. The van der Waals surface area contributed by atoms with E-state index in [0.717, 1.165) is 12.0 Å². The fourth-order valence-electron chi connectivity index (χ4n) is 2.47. The molecule has 0 aromatic heterocycles. The maximum Gasteiger partial charge on any atom is 0.310 e. The van der Waals surface area contributed by atoms with Gasteiger partial charge in [-0.25, -0.2) is 0 Å². The number of nitrogens with zero attached hydrogens (tertiary/aromatic N) is 1. The Morgan fingerprint density at radius 3 is 2.65 bits per heavy atom. The second-order valence-electron chi connectivity index (χ2n) is 5.74. The van der Waals surface area contributed by atoms with Crippen LogP contribution in [0.25, 0.3) is 0 Å². The topological polar surface area (TPSA) is 49.8 Å². The normalized spacial score (nSPS) is 19.1. The molecule has 0 bridgehead atoms. The van der Waals surface area contributed by atoms with Crippen molar-refractivity contribution in [1.29, 1.82) is 0 Å². The number of β-amino-alcohol motifs (C(OH)–C–C–N with tert-alkyl or cyclic N) is 1. The first-order valence-electron chi connectivity index (χ1n) is 7.18. The molecule has 1 fully saturated rings. The third kappa shape index (κ3) is 3.81. The van der Waals surface area contributed by atoms with Crippen LogP contribution in [-0.4, -0.2) is 41.2 Å². The summed E-state index contributed by atoms with van der Waals surface area (Å²) < 4.78 is 5.31. The van der Waals surface area contributed by atoms with Crippen LogP contribution in [0.5, 0.6) is 0 Å². The molecule has 1 unspecified atom stereocenters. The van der Waals surface area contributed by atoms with Crippen LogP contribution in [-0.2, 0) is 16.1 Å². The molecule has 1 heterocycles. The molecule has 0 saturated carbocycles. The van der Waals surface area contributed by atoms with Crippen LogP contribution >= 0.6 is 0 Å². The zero-order valence-corrected chi connectivity index (χ0v) is 12.2. The second kappa shape index (κ2) is 6.37. The fourth-order valence-corrected chi connectivity index (χ4v) is 2.47. The van der Waals surface area contributed by atoms with E-state index < -0.39 is 5.60 Å². The Kier molecular flexibility index (Phi) is 4.78. The molecule has 0 amide bonds. The summed E-state index contributed by atoms with van der Waals surface area (Å²) in [6.07, 6.45) is 0.760. The lowest BCUT2D eigenvalue weighted by Gasteiger charge is -2.46. The lowest BCUT2D eigenvalue weighted by molar-refractivity contribution is -0.153. The lowest BCUT2D eigenvalue weighted by atomic mass is 9.90. The Hall–Kier alpha value is -1.39. The van der Waals surface area contributed by atoms with Crippen molar-refractivity contribution in [1.82, 2.24) is 4.90 Å². The smallest absolute Gasteiger partial charge is 0.310 e. The second-order valence-corrected chi connectivity index (χ2v) is 5.74. The molecule has 1 aliphatic rings. The van der Waals surface area contributed by atoms with Gasteiger partial charge < -0.3 is 9.84 Å². The number of benzene rings is 1. The van der Waals surface area contributed by atoms with E-state index in [9.17, 15) is 9.90 Å². The molecule has 20 heavy (non-hydrogen) atoms. The summed E-state index contributed by atoms with van der Waals surface area (Å²) in [7, 11) is 0. The molecule has 1 aromatic rings. The minimum absolute atomic E-state index is 0.167. The van der Waals surface area contributed by atoms with Gasteiger partial charge >= 0.3 is 5.97 Å². The van der Waals surface area contributed by atoms with Gasteiger partial charge in [0, 0.05) is 19.6 Å². The lowest BCUT2D eigenvalue weighted by Crippen LogP contribution is -2.62. The first-order valence-corrected chi connectivity index (χ1v) is 7.18. The van der Waals surface area contributed by atoms with Gasteiger partial charge in [-0.15, -0.1) is 0 Å². The van der Waals surface area contributed by atoms with Gasteiger partial charge in [-0.2, -0.15) is 0 Å². The van der Waals surface area contributed by atoms with Crippen molar-refractivity contribution in [3.8, 4) is 0 Å². The van der Waals surface area contributed by atoms with Crippen molar-refractivity contribution in [3.63, 3.8) is 0 Å². The third-order valence-electron chi connectivity index (χ3n) is 3.85. The van der Waals surface area contributed by atoms with Crippen LogP contribution in [0.1, 0.15) is 25.8 Å². The van der Waals surface area contributed by atoms with Gasteiger partial charge in [0.2, 0.25) is 0 Å². The van der Waals surface area contributed by atoms with Gasteiger partial charge in [-0.3, -0.25) is 9.69 Å². The summed E-state index contributed by atoms with van der Waals surface area (Å²) in [5, 5.41) is 9.93. The summed E-state index contributed by atoms with van der Waals surface area (Å²) in [4.78, 5) is 14.0. The molecule has 1 atom stereocenters. The monoisotopic (exact) mass is 277 g/mol. The number of likely N-dealkylation sites (tertiary alicyclic amines) is 1. The molecule has 4 nitrogen and oxygen atoms in total. The third-order valence-corrected chi connectivity index (χ3v) is 3.85. The predicted molar refractivity (Wildman–Crippen MR) is 77.1 cm³/mol. The number of rotatable bonds is 6. The molecule has 1 saturated heterocycles. The van der Waals surface area contributed by atoms with Gasteiger partial charge in [0.15, 0.2) is 0 Å². The van der Waals surface area contributed by atoms with Crippen LogP contribution < -0.4 is 0 Å². The van der Waals surface area contributed by atoms with Crippen LogP contribution in [0.4, 0.5) is 0 Å². The van der Waals surface area contributed by atoms with E-state index in [0.29, 0.717) is 26.2 Å². The number of ether oxygens (including phenoxy) is 1. The highest BCUT2D eigenvalue weighted by Crippen LogP contribution is 2.24. The summed E-state index contributed by atoms with van der Waals surface area (Å²) in [6.45, 7) is 6.13. The molecule has 0 spiro atoms. The zero-order valence-electron chi connectivity index (χ0n) is 12.2. The predicted octanol–water partition coefficient (Wildman–Crippen LogP) is 1.82. The largest absolute Gasteiger partial charge is 0.461 e. The van der Waals surface area contributed by atoms with E-state index in [-0.39, 0.29) is 11.9 Å². The van der Waals surface area contributed by atoms with Crippen molar-refractivity contribution in [2.75, 3.05) is 19.6 Å². The minimum atomic E-state index is -0.548. The Morgan fingerprint density at radius 2 is 2.05 bits per heavy atom. The Morgan fingerprint density at radius 1 is 1.40 bits per heavy atom. The molecule has 1 aliphatic heterocycles. The van der Waals surface area contributed by atoms with Crippen LogP contribution in [0.3, 0.4) is 0 Å². The summed E-state index contributed by atoms with van der Waals surface area (Å²) >= 11 is 0. The van der Waals surface area contributed by atoms with Gasteiger partial charge in [0.05, 0.1) is 11.5 Å². The molecular formula is C16H23NO3. The summed E-state index contributed by atoms with van der Waals surface area (Å²) in [5.74, 6) is -0.346. The van der Waals surface area contributed by atoms with Gasteiger partial charge in [-0.1, -0.05) is 44.2 Å². The first kappa shape index (κ1) is 15.0. The fraction of sp³-hybridized carbons (Fsp3) is 0.562. The number of carbonyl (C=O) groups is 1. The molecular weight excluding hydrogens is 254 g/mol. The molecule has 1 N–H and O–H groups in total. The minimum Gasteiger partial charge on any atom is -0.461 e. The SMILES string of the molecule is CCC1(O)CN(CC(C)C(=O)OCc2ccccc2)C1. The summed E-state index contributed by atoms with van der Waals surface area (Å²) in [6, 6.07) is 9.67. The molecule has 0 radical (unpaired) electrons. The zero-order chi connectivity index (χ0) is 14.6. The number of esters is 1. The van der Waals surface area contributed by atoms with Crippen molar-refractivity contribution in [3.05, 3.63) is 35.9 Å². The van der Waals surface area contributed by atoms with Crippen molar-refractivity contribution in [2.24, 2.45) is 5.92 Å². The van der Waals surface area contributed by atoms with Crippen LogP contribution in [0.15, 0.2) is 30.3 Å². The molecule has 110 valence electrons. The van der Waals surface area contributed by atoms with E-state index in [1.165, 1.54) is 0 Å². The van der Waals surface area contributed by atoms with E-state index >= 15 is 0 Å². The first-order chi connectivity index (χ1) is 9.52. The van der Waals surface area contributed by atoms with E-state index in [4.69, 9.17) is 4.74 Å². The quantitative estimate of drug-likeness (QED) is 0.806. The van der Waals surface area contributed by atoms with E-state index in [1.54, 1.807) is 0 Å². The van der Waals surface area contributed by atoms with E-state index in [2.05, 4.69) is 4.90 Å². The number of hydrogen-bond acceptors (Lipinski definition) is 4. The molecule has 0 aliphatic carbocycles. The summed E-state index contributed by atoms with van der Waals surface area (Å²) in [5.41, 5.74) is 0.450. The Labute approximate surface area is 120 Å². The van der Waals surface area contributed by atoms with Crippen molar-refractivity contribution in [2.45, 2.75) is 32.5 Å².